The van der Waals surface area contributed by atoms with Gasteiger partial charge in [0.25, 0.3) is 0 Å². The summed E-state index contributed by atoms with van der Waals surface area (Å²) in [4.78, 5) is 0. The molecule has 2 rings (SSSR count). The van der Waals surface area contributed by atoms with E-state index in [2.05, 4.69) is 47.6 Å². The normalized spacial score (nSPS) is 17.6. The minimum atomic E-state index is 0.260. The van der Waals surface area contributed by atoms with Crippen molar-refractivity contribution in [1.82, 2.24) is 0 Å². The van der Waals surface area contributed by atoms with Crippen molar-refractivity contribution in [1.29, 1.82) is 0 Å². The first-order valence-corrected chi connectivity index (χ1v) is 7.14. The second-order valence-corrected chi connectivity index (χ2v) is 6.95. The molecular weight excluding hydrogens is 220 g/mol. The van der Waals surface area contributed by atoms with Crippen LogP contribution in [0, 0.1) is 0 Å². The zero-order chi connectivity index (χ0) is 13.7. The van der Waals surface area contributed by atoms with Gasteiger partial charge in [-0.05, 0) is 46.8 Å². The molecule has 100 valence electrons. The van der Waals surface area contributed by atoms with Gasteiger partial charge in [0.1, 0.15) is 5.75 Å². The van der Waals surface area contributed by atoms with Gasteiger partial charge in [-0.15, -0.1) is 0 Å². The zero-order valence-corrected chi connectivity index (χ0v) is 12.6. The average Bonchev–Trinajstić information content (AvgIpc) is 2.52. The maximum absolute atomic E-state index is 10.6. The summed E-state index contributed by atoms with van der Waals surface area (Å²) >= 11 is 0. The molecule has 0 spiro atoms. The SMILES string of the molecule is CC(C)c1cc2c(c(C(C)C)c1O)CCC2(C)C. The van der Waals surface area contributed by atoms with E-state index in [0.29, 0.717) is 17.6 Å². The fourth-order valence-corrected chi connectivity index (χ4v) is 3.26. The summed E-state index contributed by atoms with van der Waals surface area (Å²) in [7, 11) is 0. The lowest BCUT2D eigenvalue weighted by atomic mass is 9.81. The third-order valence-electron chi connectivity index (χ3n) is 4.41. The van der Waals surface area contributed by atoms with E-state index in [4.69, 9.17) is 0 Å². The first-order chi connectivity index (χ1) is 8.25. The lowest BCUT2D eigenvalue weighted by Gasteiger charge is -2.24. The summed E-state index contributed by atoms with van der Waals surface area (Å²) in [6.45, 7) is 13.3. The predicted molar refractivity (Wildman–Crippen MR) is 77.6 cm³/mol. The second kappa shape index (κ2) is 4.29. The topological polar surface area (TPSA) is 20.2 Å². The number of aromatic hydroxyl groups is 1. The van der Waals surface area contributed by atoms with Gasteiger partial charge in [0, 0.05) is 5.56 Å². The Labute approximate surface area is 111 Å². The Balaban J connectivity index is 2.74. The molecule has 0 heterocycles. The summed E-state index contributed by atoms with van der Waals surface area (Å²) in [5.41, 5.74) is 5.45. The van der Waals surface area contributed by atoms with Crippen LogP contribution in [0.5, 0.6) is 5.75 Å². The smallest absolute Gasteiger partial charge is 0.122 e. The van der Waals surface area contributed by atoms with E-state index in [-0.39, 0.29) is 5.41 Å². The van der Waals surface area contributed by atoms with Gasteiger partial charge in [-0.2, -0.15) is 0 Å². The average molecular weight is 246 g/mol. The molecule has 1 aliphatic rings. The van der Waals surface area contributed by atoms with Gasteiger partial charge in [-0.3, -0.25) is 0 Å². The molecule has 0 aliphatic heterocycles. The Kier molecular flexibility index (Phi) is 3.21. The van der Waals surface area contributed by atoms with Crippen molar-refractivity contribution in [3.63, 3.8) is 0 Å². The highest BCUT2D eigenvalue weighted by Crippen LogP contribution is 2.47. The number of phenols is 1. The Morgan fingerprint density at radius 2 is 1.72 bits per heavy atom. The number of rotatable bonds is 2. The third-order valence-corrected chi connectivity index (χ3v) is 4.41. The summed E-state index contributed by atoms with van der Waals surface area (Å²) in [6, 6.07) is 2.26. The van der Waals surface area contributed by atoms with Crippen molar-refractivity contribution >= 4 is 0 Å². The lowest BCUT2D eigenvalue weighted by molar-refractivity contribution is 0.453. The number of hydrogen-bond donors (Lipinski definition) is 1. The van der Waals surface area contributed by atoms with Gasteiger partial charge in [-0.1, -0.05) is 47.6 Å². The Morgan fingerprint density at radius 1 is 1.11 bits per heavy atom. The molecule has 1 aromatic rings. The van der Waals surface area contributed by atoms with Crippen LogP contribution in [0.3, 0.4) is 0 Å². The summed E-state index contributed by atoms with van der Waals surface area (Å²) in [5.74, 6) is 1.33. The largest absolute Gasteiger partial charge is 0.507 e. The van der Waals surface area contributed by atoms with E-state index >= 15 is 0 Å². The molecular formula is C17H26O. The predicted octanol–water partition coefficient (Wildman–Crippen LogP) is 4.86. The third kappa shape index (κ3) is 1.94. The van der Waals surface area contributed by atoms with Gasteiger partial charge in [-0.25, -0.2) is 0 Å². The molecule has 1 nitrogen and oxygen atoms in total. The minimum absolute atomic E-state index is 0.260. The molecule has 18 heavy (non-hydrogen) atoms. The van der Waals surface area contributed by atoms with Crippen LogP contribution in [-0.2, 0) is 11.8 Å². The van der Waals surface area contributed by atoms with Crippen molar-refractivity contribution < 1.29 is 5.11 Å². The van der Waals surface area contributed by atoms with Crippen molar-refractivity contribution in [3.05, 3.63) is 28.3 Å². The standard InChI is InChI=1S/C17H26O/c1-10(2)13-9-14-12(7-8-17(14,5)6)15(11(3)4)16(13)18/h9-11,18H,7-8H2,1-6H3. The maximum atomic E-state index is 10.6. The van der Waals surface area contributed by atoms with Gasteiger partial charge < -0.3 is 5.11 Å². The summed E-state index contributed by atoms with van der Waals surface area (Å²) in [5, 5.41) is 10.6. The quantitative estimate of drug-likeness (QED) is 0.790. The van der Waals surface area contributed by atoms with Gasteiger partial charge in [0.05, 0.1) is 0 Å². The Morgan fingerprint density at radius 3 is 2.22 bits per heavy atom. The van der Waals surface area contributed by atoms with Crippen LogP contribution in [-0.4, -0.2) is 5.11 Å². The molecule has 0 fully saturated rings. The fourth-order valence-electron chi connectivity index (χ4n) is 3.26. The van der Waals surface area contributed by atoms with Gasteiger partial charge in [0.15, 0.2) is 0 Å². The van der Waals surface area contributed by atoms with E-state index in [1.807, 2.05) is 0 Å². The molecule has 0 amide bonds. The summed E-state index contributed by atoms with van der Waals surface area (Å²) < 4.78 is 0. The lowest BCUT2D eigenvalue weighted by Crippen LogP contribution is -2.13. The van der Waals surface area contributed by atoms with E-state index in [1.54, 1.807) is 0 Å². The van der Waals surface area contributed by atoms with Gasteiger partial charge >= 0.3 is 0 Å². The molecule has 1 aliphatic carbocycles. The van der Waals surface area contributed by atoms with E-state index in [0.717, 1.165) is 12.0 Å². The molecule has 0 radical (unpaired) electrons. The number of fused-ring (bicyclic) bond motifs is 1. The maximum Gasteiger partial charge on any atom is 0.122 e. The molecule has 1 N–H and O–H groups in total. The molecule has 0 saturated carbocycles. The molecule has 1 aromatic carbocycles. The first-order valence-electron chi connectivity index (χ1n) is 7.14. The molecule has 1 heteroatoms. The van der Waals surface area contributed by atoms with Crippen molar-refractivity contribution in [2.45, 2.75) is 71.6 Å². The van der Waals surface area contributed by atoms with Crippen LogP contribution in [0.1, 0.15) is 82.1 Å². The summed E-state index contributed by atoms with van der Waals surface area (Å²) in [6.07, 6.45) is 2.31. The number of benzene rings is 1. The van der Waals surface area contributed by atoms with Crippen LogP contribution in [0.15, 0.2) is 6.07 Å². The first kappa shape index (κ1) is 13.5. The van der Waals surface area contributed by atoms with Crippen LogP contribution >= 0.6 is 0 Å². The number of phenolic OH excluding ortho intramolecular Hbond substituents is 1. The minimum Gasteiger partial charge on any atom is -0.507 e. The Bertz CT molecular complexity index is 467. The van der Waals surface area contributed by atoms with Crippen molar-refractivity contribution in [2.75, 3.05) is 0 Å². The highest BCUT2D eigenvalue weighted by molar-refractivity contribution is 5.56. The van der Waals surface area contributed by atoms with Gasteiger partial charge in [0.2, 0.25) is 0 Å². The van der Waals surface area contributed by atoms with Crippen LogP contribution < -0.4 is 0 Å². The fraction of sp³-hybridized carbons (Fsp3) is 0.647. The van der Waals surface area contributed by atoms with Crippen LogP contribution in [0.25, 0.3) is 0 Å². The zero-order valence-electron chi connectivity index (χ0n) is 12.6. The molecule has 0 saturated heterocycles. The molecule has 0 unspecified atom stereocenters. The highest BCUT2D eigenvalue weighted by Gasteiger charge is 2.34. The second-order valence-electron chi connectivity index (χ2n) is 6.95. The van der Waals surface area contributed by atoms with Crippen LogP contribution in [0.2, 0.25) is 0 Å². The van der Waals surface area contributed by atoms with Crippen molar-refractivity contribution in [2.24, 2.45) is 0 Å². The molecule has 0 aromatic heterocycles. The van der Waals surface area contributed by atoms with E-state index in [9.17, 15) is 5.11 Å². The van der Waals surface area contributed by atoms with E-state index in [1.165, 1.54) is 23.1 Å². The molecule has 0 atom stereocenters. The monoisotopic (exact) mass is 246 g/mol. The van der Waals surface area contributed by atoms with Crippen molar-refractivity contribution in [3.8, 4) is 5.75 Å². The number of hydrogen-bond acceptors (Lipinski definition) is 1. The Hall–Kier alpha value is -0.980. The molecule has 0 bridgehead atoms. The highest BCUT2D eigenvalue weighted by atomic mass is 16.3. The van der Waals surface area contributed by atoms with Crippen LogP contribution in [0.4, 0.5) is 0 Å². The van der Waals surface area contributed by atoms with E-state index < -0.39 is 0 Å².